The molecule has 1 aromatic rings. The summed E-state index contributed by atoms with van der Waals surface area (Å²) in [5.41, 5.74) is 1.64. The molecule has 0 aromatic heterocycles. The molecule has 1 atom stereocenters. The molecule has 0 spiro atoms. The van der Waals surface area contributed by atoms with Crippen LogP contribution >= 0.6 is 0 Å². The lowest BCUT2D eigenvalue weighted by molar-refractivity contribution is 0.527. The minimum atomic E-state index is -0.0294. The fraction of sp³-hybridized carbons (Fsp3) is 0.286. The zero-order valence-electron chi connectivity index (χ0n) is 10.1. The molecule has 0 saturated carbocycles. The van der Waals surface area contributed by atoms with Crippen molar-refractivity contribution in [2.75, 3.05) is 14.1 Å². The largest absolute Gasteiger partial charge is 0.369 e. The van der Waals surface area contributed by atoms with Gasteiger partial charge in [0.2, 0.25) is 0 Å². The first-order valence-corrected chi connectivity index (χ1v) is 5.40. The van der Waals surface area contributed by atoms with Crippen LogP contribution in [0, 0.1) is 22.7 Å². The predicted octanol–water partition coefficient (Wildman–Crippen LogP) is 2.65. The second kappa shape index (κ2) is 6.35. The Labute approximate surface area is 102 Å². The maximum absolute atomic E-state index is 9.02. The molecule has 86 valence electrons. The van der Waals surface area contributed by atoms with Gasteiger partial charge in [0.05, 0.1) is 6.07 Å². The van der Waals surface area contributed by atoms with E-state index in [1.165, 1.54) is 0 Å². The lowest BCUT2D eigenvalue weighted by Gasteiger charge is -2.14. The highest BCUT2D eigenvalue weighted by molar-refractivity contribution is 5.30. The molecule has 0 aliphatic rings. The van der Waals surface area contributed by atoms with Crippen molar-refractivity contribution >= 4 is 0 Å². The Morgan fingerprint density at radius 3 is 2.41 bits per heavy atom. The number of nitriles is 2. The first-order chi connectivity index (χ1) is 8.19. The topological polar surface area (TPSA) is 50.8 Å². The van der Waals surface area contributed by atoms with Crippen LogP contribution in [0.25, 0.3) is 0 Å². The Bertz CT molecular complexity index is 460. The Morgan fingerprint density at radius 2 is 1.94 bits per heavy atom. The highest BCUT2D eigenvalue weighted by Gasteiger charge is 2.10. The summed E-state index contributed by atoms with van der Waals surface area (Å²) in [6.07, 6.45) is 2.22. The van der Waals surface area contributed by atoms with Gasteiger partial charge in [-0.3, -0.25) is 0 Å². The van der Waals surface area contributed by atoms with E-state index in [0.29, 0.717) is 12.1 Å². The van der Waals surface area contributed by atoms with Crippen LogP contribution in [0.3, 0.4) is 0 Å². The van der Waals surface area contributed by atoms with Crippen LogP contribution in [0.4, 0.5) is 0 Å². The highest BCUT2D eigenvalue weighted by Crippen LogP contribution is 2.22. The van der Waals surface area contributed by atoms with Gasteiger partial charge in [-0.25, -0.2) is 0 Å². The number of hydrogen-bond donors (Lipinski definition) is 0. The molecular formula is C14H15N3. The molecule has 0 amide bonds. The number of rotatable bonds is 4. The molecule has 3 heteroatoms. The summed E-state index contributed by atoms with van der Waals surface area (Å²) >= 11 is 0. The molecule has 0 fully saturated rings. The molecule has 0 saturated heterocycles. The monoisotopic (exact) mass is 225 g/mol. The lowest BCUT2D eigenvalue weighted by atomic mass is 9.95. The van der Waals surface area contributed by atoms with Crippen LogP contribution in [0.1, 0.15) is 17.9 Å². The lowest BCUT2D eigenvalue weighted by Crippen LogP contribution is -2.11. The van der Waals surface area contributed by atoms with Crippen molar-refractivity contribution in [1.82, 2.24) is 4.90 Å². The van der Waals surface area contributed by atoms with Crippen LogP contribution in [0.2, 0.25) is 0 Å². The Balaban J connectivity index is 3.04. The first-order valence-electron chi connectivity index (χ1n) is 5.40. The number of nitrogens with zero attached hydrogens (tertiary/aromatic N) is 3. The van der Waals surface area contributed by atoms with Gasteiger partial charge in [-0.2, -0.15) is 10.5 Å². The smallest absolute Gasteiger partial charge is 0.117 e. The van der Waals surface area contributed by atoms with Crippen molar-refractivity contribution in [3.05, 3.63) is 47.7 Å². The van der Waals surface area contributed by atoms with E-state index in [2.05, 4.69) is 12.1 Å². The van der Waals surface area contributed by atoms with Crippen molar-refractivity contribution in [2.45, 2.75) is 12.3 Å². The normalized spacial score (nSPS) is 12.4. The third kappa shape index (κ3) is 3.66. The van der Waals surface area contributed by atoms with Crippen molar-refractivity contribution in [1.29, 1.82) is 10.5 Å². The van der Waals surface area contributed by atoms with Gasteiger partial charge in [-0.15, -0.1) is 0 Å². The van der Waals surface area contributed by atoms with E-state index < -0.39 is 0 Å². The van der Waals surface area contributed by atoms with Gasteiger partial charge in [0.15, 0.2) is 0 Å². The number of benzene rings is 1. The van der Waals surface area contributed by atoms with E-state index in [1.807, 2.05) is 50.5 Å². The quantitative estimate of drug-likeness (QED) is 0.740. The van der Waals surface area contributed by atoms with Crippen LogP contribution < -0.4 is 0 Å². The molecule has 1 unspecified atom stereocenters. The molecule has 0 radical (unpaired) electrons. The summed E-state index contributed by atoms with van der Waals surface area (Å²) in [5, 5.41) is 17.9. The van der Waals surface area contributed by atoms with E-state index in [-0.39, 0.29) is 5.92 Å². The third-order valence-corrected chi connectivity index (χ3v) is 2.49. The Morgan fingerprint density at radius 1 is 1.29 bits per heavy atom. The van der Waals surface area contributed by atoms with Crippen LogP contribution in [-0.2, 0) is 0 Å². The van der Waals surface area contributed by atoms with Gasteiger partial charge in [-0.05, 0) is 11.6 Å². The van der Waals surface area contributed by atoms with E-state index >= 15 is 0 Å². The number of allylic oxidation sites excluding steroid dienone is 2. The molecular weight excluding hydrogens is 210 g/mol. The second-order valence-electron chi connectivity index (χ2n) is 3.94. The minimum absolute atomic E-state index is 0.0294. The summed E-state index contributed by atoms with van der Waals surface area (Å²) in [7, 11) is 3.65. The van der Waals surface area contributed by atoms with E-state index in [9.17, 15) is 0 Å². The van der Waals surface area contributed by atoms with Crippen molar-refractivity contribution in [3.63, 3.8) is 0 Å². The molecule has 0 aliphatic carbocycles. The Kier molecular flexibility index (Phi) is 4.78. The van der Waals surface area contributed by atoms with Gasteiger partial charge in [0.25, 0.3) is 0 Å². The van der Waals surface area contributed by atoms with Crippen molar-refractivity contribution in [3.8, 4) is 12.1 Å². The van der Waals surface area contributed by atoms with Gasteiger partial charge >= 0.3 is 0 Å². The zero-order chi connectivity index (χ0) is 12.7. The summed E-state index contributed by atoms with van der Waals surface area (Å²) in [6, 6.07) is 14.1. The minimum Gasteiger partial charge on any atom is -0.369 e. The summed E-state index contributed by atoms with van der Waals surface area (Å²) in [6.45, 7) is 0. The molecule has 1 rings (SSSR count). The van der Waals surface area contributed by atoms with Gasteiger partial charge in [-0.1, -0.05) is 30.3 Å². The fourth-order valence-corrected chi connectivity index (χ4v) is 1.55. The van der Waals surface area contributed by atoms with E-state index in [4.69, 9.17) is 10.5 Å². The molecule has 17 heavy (non-hydrogen) atoms. The van der Waals surface area contributed by atoms with Crippen LogP contribution in [0.15, 0.2) is 42.1 Å². The Hall–Kier alpha value is -2.26. The predicted molar refractivity (Wildman–Crippen MR) is 66.8 cm³/mol. The molecule has 3 nitrogen and oxygen atoms in total. The molecule has 0 N–H and O–H groups in total. The first kappa shape index (κ1) is 12.8. The zero-order valence-corrected chi connectivity index (χ0v) is 10.1. The van der Waals surface area contributed by atoms with Gasteiger partial charge < -0.3 is 4.90 Å². The van der Waals surface area contributed by atoms with Gasteiger partial charge in [0.1, 0.15) is 11.8 Å². The number of hydrogen-bond acceptors (Lipinski definition) is 3. The van der Waals surface area contributed by atoms with E-state index in [1.54, 1.807) is 4.90 Å². The standard InChI is InChI=1S/C14H15N3/c1-17(2)14(11-16)10-13(8-9-15)12-6-4-3-5-7-12/h3-7,10,13H,8H2,1-2H3/b14-10+. The second-order valence-corrected chi connectivity index (χ2v) is 3.94. The highest BCUT2D eigenvalue weighted by atomic mass is 15.1. The van der Waals surface area contributed by atoms with Crippen molar-refractivity contribution < 1.29 is 0 Å². The van der Waals surface area contributed by atoms with Crippen LogP contribution in [0.5, 0.6) is 0 Å². The SMILES string of the molecule is CN(C)/C(C#N)=C/C(CC#N)c1ccccc1. The maximum Gasteiger partial charge on any atom is 0.117 e. The molecule has 1 aromatic carbocycles. The van der Waals surface area contributed by atoms with E-state index in [0.717, 1.165) is 5.56 Å². The van der Waals surface area contributed by atoms with Crippen LogP contribution in [-0.4, -0.2) is 19.0 Å². The average molecular weight is 225 g/mol. The summed E-state index contributed by atoms with van der Waals surface area (Å²) < 4.78 is 0. The molecule has 0 bridgehead atoms. The molecule has 0 heterocycles. The third-order valence-electron chi connectivity index (χ3n) is 2.49. The van der Waals surface area contributed by atoms with Gasteiger partial charge in [0, 0.05) is 26.4 Å². The summed E-state index contributed by atoms with van der Waals surface area (Å²) in [5.74, 6) is -0.0294. The average Bonchev–Trinajstić information content (AvgIpc) is 2.35. The van der Waals surface area contributed by atoms with Crippen molar-refractivity contribution in [2.24, 2.45) is 0 Å². The molecule has 0 aliphatic heterocycles. The summed E-state index contributed by atoms with van der Waals surface area (Å²) in [4.78, 5) is 1.76. The maximum atomic E-state index is 9.02. The fourth-order valence-electron chi connectivity index (χ4n) is 1.55.